The van der Waals surface area contributed by atoms with E-state index in [4.69, 9.17) is 9.16 Å². The molecule has 3 heteroatoms. The Morgan fingerprint density at radius 3 is 1.75 bits per heavy atom. The van der Waals surface area contributed by atoms with Crippen LogP contribution in [0.15, 0.2) is 60.7 Å². The van der Waals surface area contributed by atoms with Gasteiger partial charge in [-0.15, -0.1) is 0 Å². The fraction of sp³-hybridized carbons (Fsp3) is 0.429. The van der Waals surface area contributed by atoms with Crippen molar-refractivity contribution in [2.24, 2.45) is 5.92 Å². The lowest BCUT2D eigenvalue weighted by Crippen LogP contribution is -2.68. The van der Waals surface area contributed by atoms with Crippen molar-refractivity contribution in [1.29, 1.82) is 0 Å². The first-order chi connectivity index (χ1) is 11.4. The van der Waals surface area contributed by atoms with E-state index < -0.39 is 8.32 Å². The highest BCUT2D eigenvalue weighted by Gasteiger charge is 2.52. The van der Waals surface area contributed by atoms with E-state index >= 15 is 0 Å². The Morgan fingerprint density at radius 1 is 0.875 bits per heavy atom. The van der Waals surface area contributed by atoms with Crippen LogP contribution in [0.4, 0.5) is 0 Å². The van der Waals surface area contributed by atoms with Crippen molar-refractivity contribution in [3.8, 4) is 0 Å². The first kappa shape index (κ1) is 17.4. The van der Waals surface area contributed by atoms with Crippen LogP contribution in [0.25, 0.3) is 0 Å². The molecule has 3 rings (SSSR count). The summed E-state index contributed by atoms with van der Waals surface area (Å²) in [7, 11) is -2.44. The molecule has 0 aromatic heterocycles. The lowest BCUT2D eigenvalue weighted by atomic mass is 10.1. The monoisotopic (exact) mass is 340 g/mol. The third kappa shape index (κ3) is 3.08. The maximum Gasteiger partial charge on any atom is 0.261 e. The van der Waals surface area contributed by atoms with E-state index in [-0.39, 0.29) is 11.1 Å². The highest BCUT2D eigenvalue weighted by atomic mass is 28.4. The average molecular weight is 341 g/mol. The molecule has 0 amide bonds. The Morgan fingerprint density at radius 2 is 1.38 bits per heavy atom. The molecule has 1 aliphatic rings. The van der Waals surface area contributed by atoms with Gasteiger partial charge in [0.25, 0.3) is 8.32 Å². The second kappa shape index (κ2) is 6.83. The van der Waals surface area contributed by atoms with Crippen LogP contribution in [-0.4, -0.2) is 27.6 Å². The van der Waals surface area contributed by atoms with E-state index in [0.717, 1.165) is 6.61 Å². The number of hydrogen-bond acceptors (Lipinski definition) is 2. The van der Waals surface area contributed by atoms with E-state index in [9.17, 15) is 0 Å². The molecule has 1 aliphatic heterocycles. The van der Waals surface area contributed by atoms with Crippen molar-refractivity contribution in [2.45, 2.75) is 38.8 Å². The van der Waals surface area contributed by atoms with E-state index in [1.54, 1.807) is 0 Å². The minimum atomic E-state index is -2.44. The molecule has 24 heavy (non-hydrogen) atoms. The molecular formula is C21H28O2Si. The Bertz CT molecular complexity index is 609. The first-order valence-electron chi connectivity index (χ1n) is 8.82. The van der Waals surface area contributed by atoms with Gasteiger partial charge in [-0.05, 0) is 15.4 Å². The van der Waals surface area contributed by atoms with Crippen LogP contribution in [0, 0.1) is 5.92 Å². The van der Waals surface area contributed by atoms with Gasteiger partial charge in [0.05, 0.1) is 19.3 Å². The predicted octanol–water partition coefficient (Wildman–Crippen LogP) is 3.60. The summed E-state index contributed by atoms with van der Waals surface area (Å²) >= 11 is 0. The summed E-state index contributed by atoms with van der Waals surface area (Å²) in [5.74, 6) is 0.437. The number of rotatable bonds is 4. The zero-order chi connectivity index (χ0) is 17.2. The van der Waals surface area contributed by atoms with Crippen LogP contribution in [0.5, 0.6) is 0 Å². The van der Waals surface area contributed by atoms with Crippen LogP contribution < -0.4 is 10.4 Å². The Kier molecular flexibility index (Phi) is 4.95. The topological polar surface area (TPSA) is 18.5 Å². The van der Waals surface area contributed by atoms with Gasteiger partial charge in [-0.3, -0.25) is 0 Å². The molecule has 2 atom stereocenters. The van der Waals surface area contributed by atoms with Crippen molar-refractivity contribution in [3.05, 3.63) is 60.7 Å². The second-order valence-electron chi connectivity index (χ2n) is 7.83. The van der Waals surface area contributed by atoms with Crippen LogP contribution in [0.3, 0.4) is 0 Å². The molecule has 2 aromatic rings. The maximum atomic E-state index is 7.06. The molecule has 2 nitrogen and oxygen atoms in total. The van der Waals surface area contributed by atoms with Gasteiger partial charge in [0, 0.05) is 5.92 Å². The van der Waals surface area contributed by atoms with Crippen LogP contribution in [0.2, 0.25) is 5.04 Å². The van der Waals surface area contributed by atoms with Crippen molar-refractivity contribution in [3.63, 3.8) is 0 Å². The highest BCUT2D eigenvalue weighted by molar-refractivity contribution is 6.99. The second-order valence-corrected chi connectivity index (χ2v) is 12.1. The van der Waals surface area contributed by atoms with Gasteiger partial charge >= 0.3 is 0 Å². The van der Waals surface area contributed by atoms with Gasteiger partial charge in [0.1, 0.15) is 0 Å². The summed E-state index contributed by atoms with van der Waals surface area (Å²) in [4.78, 5) is 0. The molecule has 0 saturated carbocycles. The van der Waals surface area contributed by atoms with Crippen LogP contribution in [0.1, 0.15) is 27.7 Å². The van der Waals surface area contributed by atoms with E-state index in [1.165, 1.54) is 10.4 Å². The molecule has 0 N–H and O–H groups in total. The van der Waals surface area contributed by atoms with Crippen molar-refractivity contribution in [1.82, 2.24) is 0 Å². The molecule has 0 spiro atoms. The molecule has 1 heterocycles. The SMILES string of the molecule is CC1COCC1O[Si](c1ccccc1)(c1ccccc1)C(C)(C)C. The summed E-state index contributed by atoms with van der Waals surface area (Å²) in [6.45, 7) is 10.7. The molecule has 1 fully saturated rings. The summed E-state index contributed by atoms with van der Waals surface area (Å²) in [5.41, 5.74) is 0. The molecule has 128 valence electrons. The normalized spacial score (nSPS) is 21.8. The summed E-state index contributed by atoms with van der Waals surface area (Å²) in [5, 5.41) is 2.70. The van der Waals surface area contributed by atoms with Gasteiger partial charge in [0.15, 0.2) is 0 Å². The molecule has 0 radical (unpaired) electrons. The summed E-state index contributed by atoms with van der Waals surface area (Å²) in [6, 6.07) is 21.6. The third-order valence-electron chi connectivity index (χ3n) is 5.04. The lowest BCUT2D eigenvalue weighted by Gasteiger charge is -2.45. The third-order valence-corrected chi connectivity index (χ3v) is 10.1. The van der Waals surface area contributed by atoms with E-state index in [1.807, 2.05) is 0 Å². The van der Waals surface area contributed by atoms with Crippen molar-refractivity contribution in [2.75, 3.05) is 13.2 Å². The minimum absolute atomic E-state index is 0.0258. The molecule has 2 unspecified atom stereocenters. The zero-order valence-corrected chi connectivity index (χ0v) is 16.2. The highest BCUT2D eigenvalue weighted by Crippen LogP contribution is 2.38. The van der Waals surface area contributed by atoms with Crippen molar-refractivity contribution >= 4 is 18.7 Å². The standard InChI is InChI=1S/C21H28O2Si/c1-17-15-22-16-20(17)23-24(21(2,3)4,18-11-7-5-8-12-18)19-13-9-6-10-14-19/h5-14,17,20H,15-16H2,1-4H3. The predicted molar refractivity (Wildman–Crippen MR) is 102 cm³/mol. The zero-order valence-electron chi connectivity index (χ0n) is 15.2. The molecule has 0 bridgehead atoms. The van der Waals surface area contributed by atoms with Gasteiger partial charge in [-0.1, -0.05) is 88.4 Å². The number of benzene rings is 2. The van der Waals surface area contributed by atoms with Gasteiger partial charge in [-0.25, -0.2) is 0 Å². The smallest absolute Gasteiger partial charge is 0.261 e. The Hall–Kier alpha value is -1.42. The number of hydrogen-bond donors (Lipinski definition) is 0. The lowest BCUT2D eigenvalue weighted by molar-refractivity contribution is 0.130. The molecule has 2 aromatic carbocycles. The first-order valence-corrected chi connectivity index (χ1v) is 10.7. The largest absolute Gasteiger partial charge is 0.402 e. The fourth-order valence-electron chi connectivity index (χ4n) is 3.71. The van der Waals surface area contributed by atoms with Gasteiger partial charge in [0.2, 0.25) is 0 Å². The molecule has 0 aliphatic carbocycles. The Balaban J connectivity index is 2.17. The van der Waals surface area contributed by atoms with E-state index in [0.29, 0.717) is 12.5 Å². The van der Waals surface area contributed by atoms with E-state index in [2.05, 4.69) is 88.4 Å². The van der Waals surface area contributed by atoms with Gasteiger partial charge < -0.3 is 9.16 Å². The maximum absolute atomic E-state index is 7.06. The molecular weight excluding hydrogens is 312 g/mol. The number of ether oxygens (including phenoxy) is 1. The minimum Gasteiger partial charge on any atom is -0.402 e. The fourth-order valence-corrected chi connectivity index (χ4v) is 8.48. The van der Waals surface area contributed by atoms with Crippen LogP contribution >= 0.6 is 0 Å². The summed E-state index contributed by atoms with van der Waals surface area (Å²) in [6.07, 6.45) is 0.163. The van der Waals surface area contributed by atoms with Gasteiger partial charge in [-0.2, -0.15) is 0 Å². The Labute approximate surface area is 146 Å². The summed E-state index contributed by atoms with van der Waals surface area (Å²) < 4.78 is 12.8. The van der Waals surface area contributed by atoms with Crippen molar-refractivity contribution < 1.29 is 9.16 Å². The quantitative estimate of drug-likeness (QED) is 0.792. The average Bonchev–Trinajstić information content (AvgIpc) is 2.98. The van der Waals surface area contributed by atoms with Crippen LogP contribution in [-0.2, 0) is 9.16 Å². The molecule has 1 saturated heterocycles.